The van der Waals surface area contributed by atoms with Gasteiger partial charge in [0.1, 0.15) is 0 Å². The summed E-state index contributed by atoms with van der Waals surface area (Å²) in [5.41, 5.74) is 5.63. The van der Waals surface area contributed by atoms with Crippen LogP contribution in [0.4, 0.5) is 0 Å². The van der Waals surface area contributed by atoms with Crippen LogP contribution >= 0.6 is 11.8 Å². The predicted molar refractivity (Wildman–Crippen MR) is 43.7 cm³/mol. The summed E-state index contributed by atoms with van der Waals surface area (Å²) in [7, 11) is 0. The number of hydrogen-bond donors (Lipinski definition) is 1. The maximum atomic E-state index is 5.63. The lowest BCUT2D eigenvalue weighted by Crippen LogP contribution is -2.38. The summed E-state index contributed by atoms with van der Waals surface area (Å²) in [5, 5.41) is 0.903. The monoisotopic (exact) mass is 145 g/mol. The van der Waals surface area contributed by atoms with E-state index in [9.17, 15) is 0 Å². The second-order valence-corrected chi connectivity index (χ2v) is 4.13. The molecule has 1 aliphatic carbocycles. The molecule has 0 heterocycles. The van der Waals surface area contributed by atoms with E-state index in [0.29, 0.717) is 6.04 Å². The first-order valence-corrected chi connectivity index (χ1v) is 4.75. The molecule has 0 atom stereocenters. The molecule has 54 valence electrons. The van der Waals surface area contributed by atoms with Crippen LogP contribution < -0.4 is 5.73 Å². The lowest BCUT2D eigenvalue weighted by Gasteiger charge is -2.31. The zero-order chi connectivity index (χ0) is 6.69. The molecular weight excluding hydrogens is 130 g/mol. The van der Waals surface area contributed by atoms with Crippen molar-refractivity contribution in [2.75, 3.05) is 5.75 Å². The van der Waals surface area contributed by atoms with Crippen molar-refractivity contribution in [3.8, 4) is 0 Å². The van der Waals surface area contributed by atoms with Crippen molar-refractivity contribution in [2.45, 2.75) is 37.5 Å². The molecule has 0 spiro atoms. The Labute approximate surface area is 61.4 Å². The molecule has 0 amide bonds. The number of hydrogen-bond acceptors (Lipinski definition) is 2. The van der Waals surface area contributed by atoms with Crippen LogP contribution in [0.25, 0.3) is 0 Å². The molecule has 9 heavy (non-hydrogen) atoms. The fourth-order valence-corrected chi connectivity index (χ4v) is 2.36. The number of thioether (sulfide) groups is 1. The molecule has 0 aromatic heterocycles. The summed E-state index contributed by atoms with van der Waals surface area (Å²) in [6.45, 7) is 2.23. The number of rotatable bonds is 3. The van der Waals surface area contributed by atoms with E-state index in [1.807, 2.05) is 0 Å². The maximum absolute atomic E-state index is 5.63. The fraction of sp³-hybridized carbons (Fsp3) is 1.00. The highest BCUT2D eigenvalue weighted by Gasteiger charge is 2.25. The van der Waals surface area contributed by atoms with E-state index in [4.69, 9.17) is 5.73 Å². The molecule has 1 rings (SSSR count). The van der Waals surface area contributed by atoms with Crippen molar-refractivity contribution in [3.05, 3.63) is 0 Å². The summed E-state index contributed by atoms with van der Waals surface area (Å²) in [6.07, 6.45) is 3.81. The van der Waals surface area contributed by atoms with E-state index in [0.717, 1.165) is 5.25 Å². The molecule has 1 aliphatic rings. The maximum Gasteiger partial charge on any atom is 0.00764 e. The summed E-state index contributed by atoms with van der Waals surface area (Å²) < 4.78 is 0. The molecular formula is C7H15NS. The first-order chi connectivity index (χ1) is 4.33. The number of nitrogens with two attached hydrogens (primary N) is 1. The van der Waals surface area contributed by atoms with E-state index in [2.05, 4.69) is 18.7 Å². The molecule has 0 bridgehead atoms. The Bertz CT molecular complexity index is 79.0. The van der Waals surface area contributed by atoms with Gasteiger partial charge in [0.05, 0.1) is 0 Å². The Kier molecular flexibility index (Phi) is 2.86. The van der Waals surface area contributed by atoms with Crippen LogP contribution in [0.5, 0.6) is 0 Å². The third-order valence-electron chi connectivity index (χ3n) is 1.69. The van der Waals surface area contributed by atoms with Gasteiger partial charge in [-0.25, -0.2) is 0 Å². The van der Waals surface area contributed by atoms with Crippen molar-refractivity contribution in [1.82, 2.24) is 0 Å². The van der Waals surface area contributed by atoms with Gasteiger partial charge in [0, 0.05) is 11.3 Å². The minimum Gasteiger partial charge on any atom is -0.328 e. The smallest absolute Gasteiger partial charge is 0.00764 e. The highest BCUT2D eigenvalue weighted by Crippen LogP contribution is 2.30. The Morgan fingerprint density at radius 3 is 2.67 bits per heavy atom. The van der Waals surface area contributed by atoms with Crippen LogP contribution in [0.15, 0.2) is 0 Å². The standard InChI is InChI=1S/C7H15NS/c1-2-3-9-7-4-6(8)5-7/h6-7H,2-5,8H2,1H3. The van der Waals surface area contributed by atoms with Gasteiger partial charge in [-0.2, -0.15) is 11.8 Å². The van der Waals surface area contributed by atoms with Gasteiger partial charge in [-0.05, 0) is 25.0 Å². The first kappa shape index (κ1) is 7.42. The van der Waals surface area contributed by atoms with Gasteiger partial charge < -0.3 is 5.73 Å². The van der Waals surface area contributed by atoms with E-state index >= 15 is 0 Å². The lowest BCUT2D eigenvalue weighted by molar-refractivity contribution is 0.432. The quantitative estimate of drug-likeness (QED) is 0.653. The molecule has 0 aromatic carbocycles. The van der Waals surface area contributed by atoms with Crippen molar-refractivity contribution in [2.24, 2.45) is 5.73 Å². The van der Waals surface area contributed by atoms with Gasteiger partial charge in [0.15, 0.2) is 0 Å². The zero-order valence-electron chi connectivity index (χ0n) is 5.97. The van der Waals surface area contributed by atoms with E-state index in [1.54, 1.807) is 0 Å². The first-order valence-electron chi connectivity index (χ1n) is 3.70. The molecule has 0 unspecified atom stereocenters. The van der Waals surface area contributed by atoms with Crippen LogP contribution in [-0.4, -0.2) is 17.0 Å². The Morgan fingerprint density at radius 2 is 2.22 bits per heavy atom. The van der Waals surface area contributed by atoms with E-state index < -0.39 is 0 Å². The van der Waals surface area contributed by atoms with Gasteiger partial charge in [-0.3, -0.25) is 0 Å². The van der Waals surface area contributed by atoms with Crippen LogP contribution in [0.2, 0.25) is 0 Å². The van der Waals surface area contributed by atoms with Crippen molar-refractivity contribution < 1.29 is 0 Å². The van der Waals surface area contributed by atoms with Crippen molar-refractivity contribution in [3.63, 3.8) is 0 Å². The second-order valence-electron chi connectivity index (χ2n) is 2.72. The minimum absolute atomic E-state index is 0.527. The Morgan fingerprint density at radius 1 is 1.56 bits per heavy atom. The summed E-state index contributed by atoms with van der Waals surface area (Å²) in [4.78, 5) is 0. The molecule has 1 saturated carbocycles. The van der Waals surface area contributed by atoms with Crippen LogP contribution in [0.1, 0.15) is 26.2 Å². The second kappa shape index (κ2) is 3.47. The van der Waals surface area contributed by atoms with Gasteiger partial charge in [0.25, 0.3) is 0 Å². The SMILES string of the molecule is CCCSC1CC(N)C1. The summed E-state index contributed by atoms with van der Waals surface area (Å²) >= 11 is 2.09. The van der Waals surface area contributed by atoms with Gasteiger partial charge >= 0.3 is 0 Å². The highest BCUT2D eigenvalue weighted by molar-refractivity contribution is 7.99. The molecule has 2 heteroatoms. The van der Waals surface area contributed by atoms with Crippen molar-refractivity contribution in [1.29, 1.82) is 0 Å². The largest absolute Gasteiger partial charge is 0.328 e. The van der Waals surface area contributed by atoms with Crippen LogP contribution in [-0.2, 0) is 0 Å². The molecule has 0 aliphatic heterocycles. The van der Waals surface area contributed by atoms with Gasteiger partial charge in [0.2, 0.25) is 0 Å². The van der Waals surface area contributed by atoms with Gasteiger partial charge in [-0.15, -0.1) is 0 Å². The predicted octanol–water partition coefficient (Wildman–Crippen LogP) is 1.62. The normalized spacial score (nSPS) is 34.0. The third-order valence-corrected chi connectivity index (χ3v) is 3.19. The molecule has 0 aromatic rings. The molecule has 1 fully saturated rings. The average molecular weight is 145 g/mol. The van der Waals surface area contributed by atoms with E-state index in [-0.39, 0.29) is 0 Å². The van der Waals surface area contributed by atoms with E-state index in [1.165, 1.54) is 25.0 Å². The Balaban J connectivity index is 1.91. The Hall–Kier alpha value is 0.310. The van der Waals surface area contributed by atoms with Crippen molar-refractivity contribution >= 4 is 11.8 Å². The average Bonchev–Trinajstić information content (AvgIpc) is 1.78. The molecule has 2 N–H and O–H groups in total. The van der Waals surface area contributed by atoms with Crippen LogP contribution in [0, 0.1) is 0 Å². The zero-order valence-corrected chi connectivity index (χ0v) is 6.79. The third kappa shape index (κ3) is 2.18. The molecule has 0 radical (unpaired) electrons. The van der Waals surface area contributed by atoms with Gasteiger partial charge in [-0.1, -0.05) is 6.92 Å². The highest BCUT2D eigenvalue weighted by atomic mass is 32.2. The molecule has 1 nitrogen and oxygen atoms in total. The summed E-state index contributed by atoms with van der Waals surface area (Å²) in [5.74, 6) is 1.32. The fourth-order valence-electron chi connectivity index (χ4n) is 1.03. The molecule has 0 saturated heterocycles. The summed E-state index contributed by atoms with van der Waals surface area (Å²) in [6, 6.07) is 0.527. The van der Waals surface area contributed by atoms with Crippen LogP contribution in [0.3, 0.4) is 0 Å². The minimum atomic E-state index is 0.527. The lowest BCUT2D eigenvalue weighted by atomic mass is 9.94. The topological polar surface area (TPSA) is 26.0 Å².